The highest BCUT2D eigenvalue weighted by molar-refractivity contribution is 4.79. The number of nitrogens with two attached hydrogens (primary N) is 1. The van der Waals surface area contributed by atoms with Crippen molar-refractivity contribution >= 4 is 0 Å². The van der Waals surface area contributed by atoms with Gasteiger partial charge in [-0.15, -0.1) is 0 Å². The molecule has 1 saturated carbocycles. The topological polar surface area (TPSA) is 26.0 Å². The summed E-state index contributed by atoms with van der Waals surface area (Å²) < 4.78 is 0. The molecule has 0 radical (unpaired) electrons. The first kappa shape index (κ1) is 10.0. The van der Waals surface area contributed by atoms with Crippen LogP contribution in [0.3, 0.4) is 0 Å². The SMILES string of the molecule is C[C@H](N)CCC1(C)CCCCC1. The number of hydrogen-bond acceptors (Lipinski definition) is 1. The lowest BCUT2D eigenvalue weighted by Gasteiger charge is -2.34. The summed E-state index contributed by atoms with van der Waals surface area (Å²) in [4.78, 5) is 0. The second kappa shape index (κ2) is 4.27. The molecule has 0 heterocycles. The Kier molecular flexibility index (Phi) is 3.57. The third-order valence-corrected chi connectivity index (χ3v) is 3.26. The molecule has 1 nitrogen and oxygen atoms in total. The Morgan fingerprint density at radius 3 is 2.33 bits per heavy atom. The van der Waals surface area contributed by atoms with Gasteiger partial charge in [-0.1, -0.05) is 26.2 Å². The molecule has 1 fully saturated rings. The maximum absolute atomic E-state index is 5.77. The molecule has 1 aliphatic carbocycles. The fourth-order valence-electron chi connectivity index (χ4n) is 2.23. The van der Waals surface area contributed by atoms with E-state index in [0.717, 1.165) is 0 Å². The van der Waals surface area contributed by atoms with Crippen molar-refractivity contribution in [2.24, 2.45) is 11.1 Å². The first-order valence-electron chi connectivity index (χ1n) is 5.38. The zero-order valence-corrected chi connectivity index (χ0v) is 8.60. The second-order valence-electron chi connectivity index (χ2n) is 4.89. The Morgan fingerprint density at radius 2 is 1.83 bits per heavy atom. The first-order chi connectivity index (χ1) is 5.62. The van der Waals surface area contributed by atoms with Gasteiger partial charge in [0.1, 0.15) is 0 Å². The van der Waals surface area contributed by atoms with Crippen molar-refractivity contribution in [3.8, 4) is 0 Å². The third-order valence-electron chi connectivity index (χ3n) is 3.26. The molecule has 0 aromatic rings. The third kappa shape index (κ3) is 3.14. The van der Waals surface area contributed by atoms with Crippen molar-refractivity contribution in [1.29, 1.82) is 0 Å². The standard InChI is InChI=1S/C11H23N/c1-10(12)6-9-11(2)7-4-3-5-8-11/h10H,3-9,12H2,1-2H3/t10-/m0/s1. The Balaban J connectivity index is 2.26. The van der Waals surface area contributed by atoms with Gasteiger partial charge in [-0.25, -0.2) is 0 Å². The molecule has 1 atom stereocenters. The molecule has 0 aliphatic heterocycles. The van der Waals surface area contributed by atoms with Crippen molar-refractivity contribution in [3.63, 3.8) is 0 Å². The average Bonchev–Trinajstić information content (AvgIpc) is 2.03. The van der Waals surface area contributed by atoms with Gasteiger partial charge in [-0.2, -0.15) is 0 Å². The van der Waals surface area contributed by atoms with Crippen molar-refractivity contribution in [3.05, 3.63) is 0 Å². The average molecular weight is 169 g/mol. The van der Waals surface area contributed by atoms with E-state index < -0.39 is 0 Å². The van der Waals surface area contributed by atoms with Gasteiger partial charge in [0.05, 0.1) is 0 Å². The van der Waals surface area contributed by atoms with Gasteiger partial charge in [0, 0.05) is 6.04 Å². The molecule has 1 aliphatic rings. The van der Waals surface area contributed by atoms with Crippen LogP contribution in [0.1, 0.15) is 58.8 Å². The molecule has 0 spiro atoms. The Labute approximate surface area is 76.7 Å². The fraction of sp³-hybridized carbons (Fsp3) is 1.00. The van der Waals surface area contributed by atoms with Crippen LogP contribution in [0.4, 0.5) is 0 Å². The van der Waals surface area contributed by atoms with Crippen LogP contribution < -0.4 is 5.73 Å². The second-order valence-corrected chi connectivity index (χ2v) is 4.89. The zero-order chi connectivity index (χ0) is 9.03. The predicted octanol–water partition coefficient (Wildman–Crippen LogP) is 3.08. The highest BCUT2D eigenvalue weighted by atomic mass is 14.6. The smallest absolute Gasteiger partial charge is 0.00106 e. The molecule has 0 amide bonds. The molecule has 0 saturated heterocycles. The van der Waals surface area contributed by atoms with E-state index in [-0.39, 0.29) is 0 Å². The first-order valence-corrected chi connectivity index (χ1v) is 5.38. The van der Waals surface area contributed by atoms with Crippen LogP contribution in [-0.2, 0) is 0 Å². The predicted molar refractivity (Wildman–Crippen MR) is 54.1 cm³/mol. The van der Waals surface area contributed by atoms with Gasteiger partial charge in [0.2, 0.25) is 0 Å². The van der Waals surface area contributed by atoms with Crippen LogP contribution in [-0.4, -0.2) is 6.04 Å². The van der Waals surface area contributed by atoms with E-state index in [9.17, 15) is 0 Å². The van der Waals surface area contributed by atoms with Crippen molar-refractivity contribution in [2.45, 2.75) is 64.8 Å². The lowest BCUT2D eigenvalue weighted by atomic mass is 9.72. The fourth-order valence-corrected chi connectivity index (χ4v) is 2.23. The molecule has 0 aromatic heterocycles. The van der Waals surface area contributed by atoms with Crippen LogP contribution in [0.25, 0.3) is 0 Å². The molecular weight excluding hydrogens is 146 g/mol. The molecule has 1 rings (SSSR count). The van der Waals surface area contributed by atoms with E-state index in [1.807, 2.05) is 0 Å². The maximum atomic E-state index is 5.77. The Bertz CT molecular complexity index is 123. The van der Waals surface area contributed by atoms with Crippen LogP contribution >= 0.6 is 0 Å². The highest BCUT2D eigenvalue weighted by Crippen LogP contribution is 2.39. The van der Waals surface area contributed by atoms with Gasteiger partial charge in [-0.3, -0.25) is 0 Å². The summed E-state index contributed by atoms with van der Waals surface area (Å²) in [5.74, 6) is 0. The summed E-state index contributed by atoms with van der Waals surface area (Å²) in [6.45, 7) is 4.56. The molecule has 0 unspecified atom stereocenters. The van der Waals surface area contributed by atoms with Crippen molar-refractivity contribution in [2.75, 3.05) is 0 Å². The van der Waals surface area contributed by atoms with E-state index in [4.69, 9.17) is 5.73 Å². The summed E-state index contributed by atoms with van der Waals surface area (Å²) in [6, 6.07) is 0.392. The maximum Gasteiger partial charge on any atom is 0.00106 e. The summed E-state index contributed by atoms with van der Waals surface area (Å²) in [5.41, 5.74) is 6.40. The molecule has 2 N–H and O–H groups in total. The summed E-state index contributed by atoms with van der Waals surface area (Å²) in [5, 5.41) is 0. The lowest BCUT2D eigenvalue weighted by Crippen LogP contribution is -2.24. The van der Waals surface area contributed by atoms with Crippen LogP contribution in [0.15, 0.2) is 0 Å². The van der Waals surface area contributed by atoms with Crippen LogP contribution in [0.5, 0.6) is 0 Å². The minimum absolute atomic E-state index is 0.392. The summed E-state index contributed by atoms with van der Waals surface area (Å²) >= 11 is 0. The van der Waals surface area contributed by atoms with Crippen LogP contribution in [0, 0.1) is 5.41 Å². The van der Waals surface area contributed by atoms with E-state index in [1.165, 1.54) is 44.9 Å². The van der Waals surface area contributed by atoms with Crippen molar-refractivity contribution < 1.29 is 0 Å². The quantitative estimate of drug-likeness (QED) is 0.690. The van der Waals surface area contributed by atoms with Gasteiger partial charge >= 0.3 is 0 Å². The molecule has 72 valence electrons. The molecule has 12 heavy (non-hydrogen) atoms. The summed E-state index contributed by atoms with van der Waals surface area (Å²) in [6.07, 6.45) is 9.74. The zero-order valence-electron chi connectivity index (χ0n) is 8.60. The van der Waals surface area contributed by atoms with Crippen molar-refractivity contribution in [1.82, 2.24) is 0 Å². The molecular formula is C11H23N. The van der Waals surface area contributed by atoms with Gasteiger partial charge < -0.3 is 5.73 Å². The van der Waals surface area contributed by atoms with Gasteiger partial charge in [0.15, 0.2) is 0 Å². The minimum Gasteiger partial charge on any atom is -0.328 e. The monoisotopic (exact) mass is 169 g/mol. The van der Waals surface area contributed by atoms with Gasteiger partial charge in [-0.05, 0) is 38.0 Å². The van der Waals surface area contributed by atoms with E-state index in [2.05, 4.69) is 13.8 Å². The Hall–Kier alpha value is -0.0400. The highest BCUT2D eigenvalue weighted by Gasteiger charge is 2.26. The number of hydrogen-bond donors (Lipinski definition) is 1. The normalized spacial score (nSPS) is 25.2. The van der Waals surface area contributed by atoms with Crippen LogP contribution in [0.2, 0.25) is 0 Å². The molecule has 0 bridgehead atoms. The largest absolute Gasteiger partial charge is 0.328 e. The minimum atomic E-state index is 0.392. The van der Waals surface area contributed by atoms with E-state index >= 15 is 0 Å². The molecule has 0 aromatic carbocycles. The van der Waals surface area contributed by atoms with E-state index in [1.54, 1.807) is 0 Å². The van der Waals surface area contributed by atoms with E-state index in [0.29, 0.717) is 11.5 Å². The molecule has 1 heteroatoms. The number of rotatable bonds is 3. The van der Waals surface area contributed by atoms with Gasteiger partial charge in [0.25, 0.3) is 0 Å². The summed E-state index contributed by atoms with van der Waals surface area (Å²) in [7, 11) is 0. The lowest BCUT2D eigenvalue weighted by molar-refractivity contribution is 0.191. The Morgan fingerprint density at radius 1 is 1.25 bits per heavy atom.